The molecule has 0 heterocycles. The number of methoxy groups -OCH3 is 1. The molecular weight excluding hydrogens is 212 g/mol. The van der Waals surface area contributed by atoms with Crippen LogP contribution in [0.2, 0.25) is 18.3 Å². The molecule has 0 amide bonds. The maximum atomic E-state index is 9.25. The van der Waals surface area contributed by atoms with Gasteiger partial charge in [0.15, 0.2) is 0 Å². The summed E-state index contributed by atoms with van der Waals surface area (Å²) in [7, 11) is 2.15. The third kappa shape index (κ3) is 10.4. The van der Waals surface area contributed by atoms with Gasteiger partial charge in [0.2, 0.25) is 0 Å². The topological polar surface area (TPSA) is 38.7 Å². The zero-order valence-corrected chi connectivity index (χ0v) is 12.3. The molecule has 0 aromatic rings. The van der Waals surface area contributed by atoms with Crippen molar-refractivity contribution in [3.05, 3.63) is 0 Å². The van der Waals surface area contributed by atoms with Gasteiger partial charge >= 0.3 is 0 Å². The van der Waals surface area contributed by atoms with Crippen molar-refractivity contribution in [2.75, 3.05) is 26.9 Å². The third-order valence-electron chi connectivity index (χ3n) is 2.06. The fraction of sp³-hybridized carbons (Fsp3) is 1.00. The van der Waals surface area contributed by atoms with Gasteiger partial charge in [-0.1, -0.05) is 18.3 Å². The normalized spacial score (nSPS) is 14.8. The van der Waals surface area contributed by atoms with Gasteiger partial charge in [-0.2, -0.15) is 0 Å². The molecular formula is C9H24O3Si2. The summed E-state index contributed by atoms with van der Waals surface area (Å²) in [6, 6.07) is 1.40. The minimum atomic E-state index is -0.458. The Hall–Kier alpha value is 0.314. The van der Waals surface area contributed by atoms with Crippen LogP contribution in [-0.2, 0) is 9.47 Å². The molecule has 0 saturated carbocycles. The van der Waals surface area contributed by atoms with E-state index in [1.165, 1.54) is 12.5 Å². The van der Waals surface area contributed by atoms with E-state index >= 15 is 0 Å². The number of aliphatic hydroxyl groups is 1. The van der Waals surface area contributed by atoms with Gasteiger partial charge in [0, 0.05) is 32.8 Å². The quantitative estimate of drug-likeness (QED) is 0.414. The largest absolute Gasteiger partial charge is 0.388 e. The fourth-order valence-corrected chi connectivity index (χ4v) is 5.24. The molecule has 0 spiro atoms. The van der Waals surface area contributed by atoms with Crippen LogP contribution in [0.1, 0.15) is 6.42 Å². The summed E-state index contributed by atoms with van der Waals surface area (Å²) in [5.74, 6) is 0. The summed E-state index contributed by atoms with van der Waals surface area (Å²) < 4.78 is 10.1. The second-order valence-electron chi connectivity index (χ2n) is 3.60. The van der Waals surface area contributed by atoms with Crippen LogP contribution < -0.4 is 0 Å². The minimum absolute atomic E-state index is 0.249. The first-order valence-corrected chi connectivity index (χ1v) is 9.97. The van der Waals surface area contributed by atoms with Gasteiger partial charge in [-0.25, -0.2) is 0 Å². The maximum absolute atomic E-state index is 9.25. The standard InChI is InChI=1S/C9H24O3Si2/c1-11-6-9(10)7-12-4-3-5-14-8-13-2/h9-10H,3-8,13-14H2,1-2H3. The van der Waals surface area contributed by atoms with E-state index in [0.29, 0.717) is 22.7 Å². The molecule has 1 atom stereocenters. The smallest absolute Gasteiger partial charge is 0.101 e. The number of hydrogen-bond acceptors (Lipinski definition) is 3. The Kier molecular flexibility index (Phi) is 11.6. The second-order valence-corrected chi connectivity index (χ2v) is 8.84. The lowest BCUT2D eigenvalue weighted by Crippen LogP contribution is -2.21. The molecule has 0 aromatic carbocycles. The molecule has 0 aliphatic carbocycles. The van der Waals surface area contributed by atoms with E-state index in [0.717, 1.165) is 6.61 Å². The SMILES string of the molecule is COCC(O)COCCC[SiH2]C[SiH2]C. The van der Waals surface area contributed by atoms with E-state index in [1.54, 1.807) is 12.8 Å². The van der Waals surface area contributed by atoms with Crippen LogP contribution >= 0.6 is 0 Å². The van der Waals surface area contributed by atoms with Gasteiger partial charge in [0.1, 0.15) is 6.10 Å². The minimum Gasteiger partial charge on any atom is -0.388 e. The van der Waals surface area contributed by atoms with Crippen LogP contribution in [0.15, 0.2) is 0 Å². The molecule has 0 radical (unpaired) electrons. The van der Waals surface area contributed by atoms with E-state index in [2.05, 4.69) is 6.55 Å². The number of rotatable bonds is 10. The van der Waals surface area contributed by atoms with Gasteiger partial charge in [-0.15, -0.1) is 0 Å². The summed E-state index contributed by atoms with van der Waals surface area (Å²) >= 11 is 0. The van der Waals surface area contributed by atoms with Crippen molar-refractivity contribution in [1.82, 2.24) is 0 Å². The Morgan fingerprint density at radius 3 is 2.79 bits per heavy atom. The number of ether oxygens (including phenoxy) is 2. The highest BCUT2D eigenvalue weighted by atomic mass is 28.3. The third-order valence-corrected chi connectivity index (χ3v) is 7.89. The van der Waals surface area contributed by atoms with Crippen LogP contribution in [0.3, 0.4) is 0 Å². The van der Waals surface area contributed by atoms with Crippen LogP contribution in [0.25, 0.3) is 0 Å². The first-order chi connectivity index (χ1) is 6.81. The van der Waals surface area contributed by atoms with Gasteiger partial charge in [0.25, 0.3) is 0 Å². The van der Waals surface area contributed by atoms with E-state index in [4.69, 9.17) is 9.47 Å². The average Bonchev–Trinajstić information content (AvgIpc) is 2.17. The molecule has 0 aromatic heterocycles. The zero-order valence-electron chi connectivity index (χ0n) is 9.50. The van der Waals surface area contributed by atoms with E-state index in [-0.39, 0.29) is 9.52 Å². The van der Waals surface area contributed by atoms with Crippen molar-refractivity contribution in [3.8, 4) is 0 Å². The zero-order chi connectivity index (χ0) is 10.6. The summed E-state index contributed by atoms with van der Waals surface area (Å²) in [5, 5.41) is 9.25. The molecule has 0 fully saturated rings. The predicted octanol–water partition coefficient (Wildman–Crippen LogP) is -0.420. The molecule has 1 unspecified atom stereocenters. The molecule has 14 heavy (non-hydrogen) atoms. The predicted molar refractivity (Wildman–Crippen MR) is 65.9 cm³/mol. The summed E-state index contributed by atoms with van der Waals surface area (Å²) in [4.78, 5) is 0. The lowest BCUT2D eigenvalue weighted by Gasteiger charge is -2.09. The number of hydrogen-bond donors (Lipinski definition) is 1. The maximum Gasteiger partial charge on any atom is 0.101 e. The van der Waals surface area contributed by atoms with Crippen LogP contribution in [-0.4, -0.2) is 57.2 Å². The number of aliphatic hydroxyl groups excluding tert-OH is 1. The Labute approximate surface area is 91.8 Å². The Balaban J connectivity index is 2.98. The van der Waals surface area contributed by atoms with Crippen molar-refractivity contribution >= 4 is 19.0 Å². The molecule has 0 aliphatic rings. The molecule has 3 nitrogen and oxygen atoms in total. The van der Waals surface area contributed by atoms with Gasteiger partial charge in [0.05, 0.1) is 13.2 Å². The van der Waals surface area contributed by atoms with Crippen LogP contribution in [0.4, 0.5) is 0 Å². The monoisotopic (exact) mass is 236 g/mol. The molecule has 0 aliphatic heterocycles. The van der Waals surface area contributed by atoms with Gasteiger partial charge in [-0.3, -0.25) is 0 Å². The van der Waals surface area contributed by atoms with Gasteiger partial charge < -0.3 is 14.6 Å². The van der Waals surface area contributed by atoms with E-state index in [1.807, 2.05) is 0 Å². The highest BCUT2D eigenvalue weighted by Gasteiger charge is 2.02. The molecule has 0 bridgehead atoms. The molecule has 0 saturated heterocycles. The van der Waals surface area contributed by atoms with Crippen molar-refractivity contribution < 1.29 is 14.6 Å². The van der Waals surface area contributed by atoms with Crippen LogP contribution in [0, 0.1) is 0 Å². The summed E-state index contributed by atoms with van der Waals surface area (Å²) in [6.07, 6.45) is 0.723. The molecule has 5 heteroatoms. The Morgan fingerprint density at radius 2 is 2.14 bits per heavy atom. The van der Waals surface area contributed by atoms with E-state index < -0.39 is 6.10 Å². The Bertz CT molecular complexity index is 114. The first kappa shape index (κ1) is 14.3. The fourth-order valence-electron chi connectivity index (χ4n) is 1.27. The van der Waals surface area contributed by atoms with Gasteiger partial charge in [-0.05, 0) is 6.42 Å². The van der Waals surface area contributed by atoms with Crippen molar-refractivity contribution in [2.24, 2.45) is 0 Å². The second kappa shape index (κ2) is 11.4. The summed E-state index contributed by atoms with van der Waals surface area (Å²) in [5.41, 5.74) is 1.59. The molecule has 0 rings (SSSR count). The lowest BCUT2D eigenvalue weighted by atomic mass is 10.4. The lowest BCUT2D eigenvalue weighted by molar-refractivity contribution is -0.00579. The molecule has 86 valence electrons. The van der Waals surface area contributed by atoms with Crippen molar-refractivity contribution in [3.63, 3.8) is 0 Å². The highest BCUT2D eigenvalue weighted by molar-refractivity contribution is 6.54. The first-order valence-electron chi connectivity index (χ1n) is 5.56. The van der Waals surface area contributed by atoms with Crippen LogP contribution in [0.5, 0.6) is 0 Å². The van der Waals surface area contributed by atoms with Crippen molar-refractivity contribution in [1.29, 1.82) is 0 Å². The average molecular weight is 236 g/mol. The Morgan fingerprint density at radius 1 is 1.36 bits per heavy atom. The van der Waals surface area contributed by atoms with Crippen molar-refractivity contribution in [2.45, 2.75) is 30.8 Å². The highest BCUT2D eigenvalue weighted by Crippen LogP contribution is 1.94. The molecule has 1 N–H and O–H groups in total. The van der Waals surface area contributed by atoms with E-state index in [9.17, 15) is 5.11 Å². The summed E-state index contributed by atoms with van der Waals surface area (Å²) in [6.45, 7) is 3.97.